The lowest BCUT2D eigenvalue weighted by molar-refractivity contribution is 0.0977. The zero-order chi connectivity index (χ0) is 23.8. The fraction of sp³-hybridized carbons (Fsp3) is 0.321. The highest BCUT2D eigenvalue weighted by Gasteiger charge is 2.13. The van der Waals surface area contributed by atoms with Gasteiger partial charge in [-0.3, -0.25) is 20.0 Å². The van der Waals surface area contributed by atoms with Crippen LogP contribution in [0.3, 0.4) is 0 Å². The molecule has 1 aliphatic heterocycles. The van der Waals surface area contributed by atoms with Crippen LogP contribution in [0.1, 0.15) is 51.9 Å². The zero-order valence-electron chi connectivity index (χ0n) is 20.1. The second-order valence-electron chi connectivity index (χ2n) is 9.01. The lowest BCUT2D eigenvalue weighted by Crippen LogP contribution is -2.36. The largest absolute Gasteiger partial charge is 0.326 e. The third-order valence-corrected chi connectivity index (χ3v) is 5.96. The second kappa shape index (κ2) is 11.6. The van der Waals surface area contributed by atoms with E-state index in [1.807, 2.05) is 36.4 Å². The Hall–Kier alpha value is -3.51. The van der Waals surface area contributed by atoms with Crippen LogP contribution < -0.4 is 10.6 Å². The van der Waals surface area contributed by atoms with Gasteiger partial charge in [-0.2, -0.15) is 0 Å². The lowest BCUT2D eigenvalue weighted by atomic mass is 10.1. The first-order valence-electron chi connectivity index (χ1n) is 12.0. The number of benzene rings is 2. The van der Waals surface area contributed by atoms with Crippen molar-refractivity contribution in [2.45, 2.75) is 46.2 Å². The predicted octanol–water partition coefficient (Wildman–Crippen LogP) is 5.08. The van der Waals surface area contributed by atoms with Crippen molar-refractivity contribution in [1.82, 2.24) is 15.2 Å². The number of hydrogen-bond acceptors (Lipinski definition) is 4. The van der Waals surface area contributed by atoms with Crippen molar-refractivity contribution < 1.29 is 4.79 Å². The molecule has 0 radical (unpaired) electrons. The minimum Gasteiger partial charge on any atom is -0.326 e. The second-order valence-corrected chi connectivity index (χ2v) is 9.01. The van der Waals surface area contributed by atoms with E-state index in [1.165, 1.54) is 24.8 Å². The number of pyridine rings is 1. The third-order valence-electron chi connectivity index (χ3n) is 5.96. The Labute approximate surface area is 202 Å². The van der Waals surface area contributed by atoms with Gasteiger partial charge in [0.2, 0.25) is 5.96 Å². The van der Waals surface area contributed by atoms with E-state index in [0.717, 1.165) is 42.0 Å². The van der Waals surface area contributed by atoms with Gasteiger partial charge in [-0.1, -0.05) is 24.6 Å². The zero-order valence-corrected chi connectivity index (χ0v) is 20.1. The van der Waals surface area contributed by atoms with Crippen molar-refractivity contribution in [2.24, 2.45) is 4.99 Å². The smallest absolute Gasteiger partial charge is 0.257 e. The van der Waals surface area contributed by atoms with Crippen LogP contribution >= 0.6 is 0 Å². The summed E-state index contributed by atoms with van der Waals surface area (Å²) in [5, 5.41) is 6.26. The number of carbonyl (C=O) groups is 1. The number of likely N-dealkylation sites (tertiary alicyclic amines) is 1. The number of guanidine groups is 1. The first-order valence-corrected chi connectivity index (χ1v) is 12.0. The van der Waals surface area contributed by atoms with Crippen LogP contribution in [0.2, 0.25) is 0 Å². The van der Waals surface area contributed by atoms with Gasteiger partial charge < -0.3 is 5.32 Å². The average Bonchev–Trinajstić information content (AvgIpc) is 2.83. The van der Waals surface area contributed by atoms with Crippen LogP contribution in [0.5, 0.6) is 0 Å². The van der Waals surface area contributed by atoms with Crippen LogP contribution in [0.25, 0.3) is 0 Å². The summed E-state index contributed by atoms with van der Waals surface area (Å²) in [5.41, 5.74) is 6.05. The molecule has 2 aromatic carbocycles. The maximum Gasteiger partial charge on any atom is 0.257 e. The maximum absolute atomic E-state index is 13.0. The van der Waals surface area contributed by atoms with Gasteiger partial charge in [0.1, 0.15) is 0 Å². The standard InChI is InChI=1S/C28H33N5O/c1-21-16-22(2)18-26(17-21)31-28(30-19-23-10-12-29-13-11-23)32-27(34)25-8-6-24(7-9-25)20-33-14-4-3-5-15-33/h6-13,16-18H,3-5,14-15,19-20H2,1-2H3,(H2,30,31,32,34). The monoisotopic (exact) mass is 455 g/mol. The molecule has 34 heavy (non-hydrogen) atoms. The minimum atomic E-state index is -0.185. The molecule has 0 atom stereocenters. The normalized spacial score (nSPS) is 14.6. The first kappa shape index (κ1) is 23.6. The van der Waals surface area contributed by atoms with Crippen LogP contribution in [-0.2, 0) is 13.1 Å². The molecule has 0 bridgehead atoms. The van der Waals surface area contributed by atoms with Gasteiger partial charge in [0, 0.05) is 30.2 Å². The molecule has 0 spiro atoms. The van der Waals surface area contributed by atoms with Crippen molar-refractivity contribution in [1.29, 1.82) is 0 Å². The van der Waals surface area contributed by atoms with E-state index in [4.69, 9.17) is 0 Å². The first-order chi connectivity index (χ1) is 16.5. The Morgan fingerprint density at radius 3 is 2.26 bits per heavy atom. The highest BCUT2D eigenvalue weighted by Crippen LogP contribution is 2.15. The van der Waals surface area contributed by atoms with Gasteiger partial charge in [-0.15, -0.1) is 0 Å². The number of nitrogens with one attached hydrogen (secondary N) is 2. The molecular weight excluding hydrogens is 422 g/mol. The Bertz CT molecular complexity index is 1100. The highest BCUT2D eigenvalue weighted by atomic mass is 16.1. The summed E-state index contributed by atoms with van der Waals surface area (Å²) in [6, 6.07) is 17.9. The minimum absolute atomic E-state index is 0.185. The number of anilines is 1. The van der Waals surface area contributed by atoms with E-state index in [0.29, 0.717) is 18.1 Å². The quantitative estimate of drug-likeness (QED) is 0.402. The van der Waals surface area contributed by atoms with E-state index < -0.39 is 0 Å². The number of nitrogens with zero attached hydrogens (tertiary/aromatic N) is 3. The highest BCUT2D eigenvalue weighted by molar-refractivity contribution is 6.10. The van der Waals surface area contributed by atoms with Crippen LogP contribution in [0, 0.1) is 13.8 Å². The van der Waals surface area contributed by atoms with Gasteiger partial charge in [-0.05, 0) is 98.4 Å². The van der Waals surface area contributed by atoms with Crippen LogP contribution in [0.15, 0.2) is 72.0 Å². The molecular formula is C28H33N5O. The molecule has 1 fully saturated rings. The van der Waals surface area contributed by atoms with Gasteiger partial charge in [0.05, 0.1) is 6.54 Å². The van der Waals surface area contributed by atoms with E-state index in [2.05, 4.69) is 57.6 Å². The number of amides is 1. The number of aryl methyl sites for hydroxylation is 2. The van der Waals surface area contributed by atoms with Crippen molar-refractivity contribution >= 4 is 17.6 Å². The number of hydrogen-bond donors (Lipinski definition) is 2. The van der Waals surface area contributed by atoms with Crippen molar-refractivity contribution in [3.8, 4) is 0 Å². The maximum atomic E-state index is 13.0. The lowest BCUT2D eigenvalue weighted by Gasteiger charge is -2.26. The SMILES string of the molecule is Cc1cc(C)cc(NC(=NCc2ccncc2)NC(=O)c2ccc(CN3CCCCC3)cc2)c1. The molecule has 1 aliphatic rings. The van der Waals surface area contributed by atoms with E-state index in [9.17, 15) is 4.79 Å². The third kappa shape index (κ3) is 6.99. The van der Waals surface area contributed by atoms with Crippen LogP contribution in [0.4, 0.5) is 5.69 Å². The average molecular weight is 456 g/mol. The number of aromatic nitrogens is 1. The fourth-order valence-electron chi connectivity index (χ4n) is 4.27. The topological polar surface area (TPSA) is 69.6 Å². The number of aliphatic imine (C=N–C) groups is 1. The Morgan fingerprint density at radius 2 is 1.59 bits per heavy atom. The summed E-state index contributed by atoms with van der Waals surface area (Å²) in [6.07, 6.45) is 7.36. The molecule has 6 heteroatoms. The molecule has 6 nitrogen and oxygen atoms in total. The molecule has 2 N–H and O–H groups in total. The molecule has 3 aromatic rings. The predicted molar refractivity (Wildman–Crippen MR) is 138 cm³/mol. The summed E-state index contributed by atoms with van der Waals surface area (Å²) in [4.78, 5) is 24.2. The molecule has 1 aromatic heterocycles. The summed E-state index contributed by atoms with van der Waals surface area (Å²) in [5.74, 6) is 0.235. The summed E-state index contributed by atoms with van der Waals surface area (Å²) < 4.78 is 0. The van der Waals surface area contributed by atoms with Gasteiger partial charge >= 0.3 is 0 Å². The van der Waals surface area contributed by atoms with Crippen molar-refractivity contribution in [3.63, 3.8) is 0 Å². The molecule has 2 heterocycles. The van der Waals surface area contributed by atoms with Crippen LogP contribution in [-0.4, -0.2) is 34.8 Å². The van der Waals surface area contributed by atoms with Crippen molar-refractivity contribution in [2.75, 3.05) is 18.4 Å². The van der Waals surface area contributed by atoms with Gasteiger partial charge in [0.15, 0.2) is 0 Å². The summed E-state index contributed by atoms with van der Waals surface area (Å²) in [7, 11) is 0. The Balaban J connectivity index is 1.46. The molecule has 1 amide bonds. The molecule has 0 saturated carbocycles. The number of rotatable bonds is 6. The molecule has 0 aliphatic carbocycles. The Kier molecular flexibility index (Phi) is 8.04. The van der Waals surface area contributed by atoms with E-state index in [1.54, 1.807) is 12.4 Å². The molecule has 176 valence electrons. The molecule has 1 saturated heterocycles. The summed E-state index contributed by atoms with van der Waals surface area (Å²) >= 11 is 0. The van der Waals surface area contributed by atoms with E-state index in [-0.39, 0.29) is 5.91 Å². The summed E-state index contributed by atoms with van der Waals surface area (Å²) in [6.45, 7) is 7.79. The number of piperidine rings is 1. The van der Waals surface area contributed by atoms with E-state index >= 15 is 0 Å². The fourth-order valence-corrected chi connectivity index (χ4v) is 4.27. The Morgan fingerprint density at radius 1 is 0.912 bits per heavy atom. The van der Waals surface area contributed by atoms with Crippen molar-refractivity contribution in [3.05, 3.63) is 94.8 Å². The molecule has 0 unspecified atom stereocenters. The molecule has 4 rings (SSSR count). The van der Waals surface area contributed by atoms with Gasteiger partial charge in [0.25, 0.3) is 5.91 Å². The number of carbonyl (C=O) groups excluding carboxylic acids is 1. The van der Waals surface area contributed by atoms with Gasteiger partial charge in [-0.25, -0.2) is 4.99 Å².